The molecule has 2 rings (SSSR count). The number of hydrogen-bond acceptors (Lipinski definition) is 6. The van der Waals surface area contributed by atoms with Crippen molar-refractivity contribution in [1.82, 2.24) is 14.8 Å². The summed E-state index contributed by atoms with van der Waals surface area (Å²) >= 11 is 0. The molecule has 0 saturated carbocycles. The lowest BCUT2D eigenvalue weighted by molar-refractivity contribution is 0.229. The van der Waals surface area contributed by atoms with Crippen molar-refractivity contribution >= 4 is 11.5 Å². The molecule has 1 aliphatic rings. The van der Waals surface area contributed by atoms with Crippen LogP contribution in [0.1, 0.15) is 5.56 Å². The summed E-state index contributed by atoms with van der Waals surface area (Å²) in [5.41, 5.74) is 7.01. The number of nitrogens with two attached hydrogens (primary N) is 1. The maximum absolute atomic E-state index is 9.02. The molecule has 1 aliphatic heterocycles. The normalized spacial score (nSPS) is 16.4. The standard InChI is InChI=1S/C14H22N6/c1-18(2)5-6-19-7-9-20(10-8-19)14-13(16)12(11-15)3-4-17-14/h3-4H,5-10,16H2,1-2H3. The van der Waals surface area contributed by atoms with Gasteiger partial charge in [0.1, 0.15) is 6.07 Å². The number of nitrogen functional groups attached to an aromatic ring is 1. The van der Waals surface area contributed by atoms with Crippen LogP contribution in [0.3, 0.4) is 0 Å². The van der Waals surface area contributed by atoms with E-state index in [1.165, 1.54) is 0 Å². The van der Waals surface area contributed by atoms with Crippen LogP contribution in [-0.4, -0.2) is 68.1 Å². The van der Waals surface area contributed by atoms with Crippen molar-refractivity contribution in [3.63, 3.8) is 0 Å². The first kappa shape index (κ1) is 14.6. The first-order valence-corrected chi connectivity index (χ1v) is 6.88. The molecule has 0 aromatic carbocycles. The minimum Gasteiger partial charge on any atom is -0.395 e. The van der Waals surface area contributed by atoms with Crippen molar-refractivity contribution < 1.29 is 0 Å². The number of piperazine rings is 1. The summed E-state index contributed by atoms with van der Waals surface area (Å²) in [4.78, 5) is 11.1. The topological polar surface area (TPSA) is 72.4 Å². The highest BCUT2D eigenvalue weighted by molar-refractivity contribution is 5.70. The molecule has 1 saturated heterocycles. The molecule has 1 fully saturated rings. The van der Waals surface area contributed by atoms with Crippen molar-refractivity contribution in [2.75, 3.05) is 64.0 Å². The zero-order valence-electron chi connectivity index (χ0n) is 12.2. The number of aromatic nitrogens is 1. The lowest BCUT2D eigenvalue weighted by Crippen LogP contribution is -2.48. The molecule has 0 radical (unpaired) electrons. The van der Waals surface area contributed by atoms with Crippen LogP contribution in [0.2, 0.25) is 0 Å². The van der Waals surface area contributed by atoms with Crippen molar-refractivity contribution in [3.05, 3.63) is 17.8 Å². The summed E-state index contributed by atoms with van der Waals surface area (Å²) in [6.45, 7) is 5.97. The molecule has 0 spiro atoms. The van der Waals surface area contributed by atoms with Gasteiger partial charge in [0.15, 0.2) is 5.82 Å². The van der Waals surface area contributed by atoms with E-state index in [9.17, 15) is 0 Å². The van der Waals surface area contributed by atoms with Crippen molar-refractivity contribution in [2.45, 2.75) is 0 Å². The van der Waals surface area contributed by atoms with Crippen molar-refractivity contribution in [3.8, 4) is 6.07 Å². The molecule has 6 heteroatoms. The van der Waals surface area contributed by atoms with Gasteiger partial charge >= 0.3 is 0 Å². The molecule has 0 unspecified atom stereocenters. The fraction of sp³-hybridized carbons (Fsp3) is 0.571. The molecule has 1 aromatic rings. The van der Waals surface area contributed by atoms with Gasteiger partial charge in [0.25, 0.3) is 0 Å². The van der Waals surface area contributed by atoms with Crippen LogP contribution < -0.4 is 10.6 Å². The minimum absolute atomic E-state index is 0.497. The van der Waals surface area contributed by atoms with Gasteiger partial charge in [-0.3, -0.25) is 4.90 Å². The van der Waals surface area contributed by atoms with Crippen molar-refractivity contribution in [2.24, 2.45) is 0 Å². The van der Waals surface area contributed by atoms with Crippen LogP contribution >= 0.6 is 0 Å². The molecule has 0 aliphatic carbocycles. The highest BCUT2D eigenvalue weighted by atomic mass is 15.3. The summed E-state index contributed by atoms with van der Waals surface area (Å²) < 4.78 is 0. The van der Waals surface area contributed by atoms with E-state index < -0.39 is 0 Å². The van der Waals surface area contributed by atoms with Gasteiger partial charge < -0.3 is 15.5 Å². The molecule has 2 heterocycles. The van der Waals surface area contributed by atoms with E-state index in [1.54, 1.807) is 12.3 Å². The molecule has 0 bridgehead atoms. The van der Waals surface area contributed by atoms with Crippen LogP contribution in [0.25, 0.3) is 0 Å². The van der Waals surface area contributed by atoms with Crippen molar-refractivity contribution in [1.29, 1.82) is 5.26 Å². The Balaban J connectivity index is 1.96. The van der Waals surface area contributed by atoms with E-state index in [0.29, 0.717) is 11.3 Å². The zero-order valence-corrected chi connectivity index (χ0v) is 12.2. The Morgan fingerprint density at radius 3 is 2.65 bits per heavy atom. The van der Waals surface area contributed by atoms with Gasteiger partial charge in [-0.2, -0.15) is 5.26 Å². The second-order valence-electron chi connectivity index (χ2n) is 5.34. The molecule has 108 valence electrons. The van der Waals surface area contributed by atoms with Crippen LogP contribution in [0.5, 0.6) is 0 Å². The zero-order chi connectivity index (χ0) is 14.5. The summed E-state index contributed by atoms with van der Waals surface area (Å²) in [6.07, 6.45) is 1.66. The lowest BCUT2D eigenvalue weighted by atomic mass is 10.2. The number of pyridine rings is 1. The summed E-state index contributed by atoms with van der Waals surface area (Å²) in [5.74, 6) is 0.747. The SMILES string of the molecule is CN(C)CCN1CCN(c2nccc(C#N)c2N)CC1. The largest absolute Gasteiger partial charge is 0.395 e. The summed E-state index contributed by atoms with van der Waals surface area (Å²) in [5, 5.41) is 9.02. The summed E-state index contributed by atoms with van der Waals surface area (Å²) in [7, 11) is 4.18. The Kier molecular flexibility index (Phi) is 4.77. The van der Waals surface area contributed by atoms with E-state index in [-0.39, 0.29) is 0 Å². The van der Waals surface area contributed by atoms with E-state index in [2.05, 4.69) is 39.8 Å². The number of anilines is 2. The highest BCUT2D eigenvalue weighted by Crippen LogP contribution is 2.24. The van der Waals surface area contributed by atoms with Crippen LogP contribution in [0.4, 0.5) is 11.5 Å². The second-order valence-corrected chi connectivity index (χ2v) is 5.34. The quantitative estimate of drug-likeness (QED) is 0.847. The predicted molar refractivity (Wildman–Crippen MR) is 80.6 cm³/mol. The third-order valence-electron chi connectivity index (χ3n) is 3.62. The molecule has 20 heavy (non-hydrogen) atoms. The molecule has 0 atom stereocenters. The van der Waals surface area contributed by atoms with Gasteiger partial charge in [0.2, 0.25) is 0 Å². The van der Waals surface area contributed by atoms with Crippen LogP contribution in [-0.2, 0) is 0 Å². The Bertz CT molecular complexity index is 485. The third-order valence-corrected chi connectivity index (χ3v) is 3.62. The molecule has 1 aromatic heterocycles. The van der Waals surface area contributed by atoms with Gasteiger partial charge in [0, 0.05) is 45.5 Å². The average Bonchev–Trinajstić information content (AvgIpc) is 2.46. The third kappa shape index (κ3) is 3.38. The average molecular weight is 274 g/mol. The fourth-order valence-electron chi connectivity index (χ4n) is 2.34. The molecule has 6 nitrogen and oxygen atoms in total. The minimum atomic E-state index is 0.497. The van der Waals surface area contributed by atoms with Crippen LogP contribution in [0, 0.1) is 11.3 Å². The predicted octanol–water partition coefficient (Wildman–Crippen LogP) is 0.219. The number of nitrogens with zero attached hydrogens (tertiary/aromatic N) is 5. The first-order valence-electron chi connectivity index (χ1n) is 6.88. The van der Waals surface area contributed by atoms with E-state index in [1.807, 2.05) is 0 Å². The summed E-state index contributed by atoms with van der Waals surface area (Å²) in [6, 6.07) is 3.77. The monoisotopic (exact) mass is 274 g/mol. The lowest BCUT2D eigenvalue weighted by Gasteiger charge is -2.36. The molecule has 2 N–H and O–H groups in total. The van der Waals surface area contributed by atoms with Gasteiger partial charge in [0.05, 0.1) is 11.3 Å². The van der Waals surface area contributed by atoms with E-state index in [0.717, 1.165) is 45.1 Å². The maximum atomic E-state index is 9.02. The second kappa shape index (κ2) is 6.55. The van der Waals surface area contributed by atoms with Gasteiger partial charge in [-0.05, 0) is 20.2 Å². The Morgan fingerprint density at radius 2 is 2.05 bits per heavy atom. The van der Waals surface area contributed by atoms with Crippen LogP contribution in [0.15, 0.2) is 12.3 Å². The van der Waals surface area contributed by atoms with Gasteiger partial charge in [-0.1, -0.05) is 0 Å². The molecular formula is C14H22N6. The van der Waals surface area contributed by atoms with Gasteiger partial charge in [-0.15, -0.1) is 0 Å². The Labute approximate surface area is 120 Å². The van der Waals surface area contributed by atoms with Gasteiger partial charge in [-0.25, -0.2) is 4.98 Å². The highest BCUT2D eigenvalue weighted by Gasteiger charge is 2.20. The van der Waals surface area contributed by atoms with E-state index >= 15 is 0 Å². The fourth-order valence-corrected chi connectivity index (χ4v) is 2.34. The Morgan fingerprint density at radius 1 is 1.35 bits per heavy atom. The number of nitriles is 1. The number of likely N-dealkylation sites (N-methyl/N-ethyl adjacent to an activating group) is 1. The number of hydrogen-bond donors (Lipinski definition) is 1. The molecular weight excluding hydrogens is 252 g/mol. The maximum Gasteiger partial charge on any atom is 0.153 e. The van der Waals surface area contributed by atoms with E-state index in [4.69, 9.17) is 11.0 Å². The Hall–Kier alpha value is -1.84. The smallest absolute Gasteiger partial charge is 0.153 e. The molecule has 0 amide bonds. The first-order chi connectivity index (χ1) is 9.61. The number of rotatable bonds is 4.